The van der Waals surface area contributed by atoms with Gasteiger partial charge < -0.3 is 21.7 Å². The van der Waals surface area contributed by atoms with Crippen LogP contribution in [0.3, 0.4) is 0 Å². The smallest absolute Gasteiger partial charge is 0.271 e. The predicted octanol–water partition coefficient (Wildman–Crippen LogP) is 2.45. The topological polar surface area (TPSA) is 122 Å². The van der Waals surface area contributed by atoms with Crippen molar-refractivity contribution in [3.05, 3.63) is 46.9 Å². The van der Waals surface area contributed by atoms with Gasteiger partial charge in [0.15, 0.2) is 11.5 Å². The fourth-order valence-electron chi connectivity index (χ4n) is 3.24. The second kappa shape index (κ2) is 11.1. The third-order valence-electron chi connectivity index (χ3n) is 5.26. The quantitative estimate of drug-likeness (QED) is 0.444. The number of aromatic nitrogens is 2. The van der Waals surface area contributed by atoms with E-state index in [2.05, 4.69) is 20.9 Å². The molecule has 1 saturated carbocycles. The summed E-state index contributed by atoms with van der Waals surface area (Å²) in [6.45, 7) is 4.36. The molecule has 1 aromatic carbocycles. The van der Waals surface area contributed by atoms with Gasteiger partial charge in [-0.3, -0.25) is 9.59 Å². The van der Waals surface area contributed by atoms with Crippen molar-refractivity contribution in [1.82, 2.24) is 20.6 Å². The molecule has 0 aliphatic heterocycles. The van der Waals surface area contributed by atoms with Crippen molar-refractivity contribution < 1.29 is 9.59 Å². The van der Waals surface area contributed by atoms with E-state index in [0.29, 0.717) is 31.1 Å². The fourth-order valence-corrected chi connectivity index (χ4v) is 3.24. The second-order valence-corrected chi connectivity index (χ2v) is 7.62. The molecule has 1 aromatic heterocycles. The lowest BCUT2D eigenvalue weighted by atomic mass is 10.1. The van der Waals surface area contributed by atoms with Gasteiger partial charge in [-0.25, -0.2) is 9.97 Å². The SMILES string of the molecule is CCc1nc(C(N)=O)c(Nc2cccc(CCNC(=O)[C@H](C)NC)c2)nc1C1CC1.Cl. The Morgan fingerprint density at radius 1 is 1.26 bits per heavy atom. The van der Waals surface area contributed by atoms with Crippen LogP contribution in [0.15, 0.2) is 24.3 Å². The van der Waals surface area contributed by atoms with Crippen LogP contribution in [0, 0.1) is 0 Å². The number of nitrogens with two attached hydrogens (primary N) is 1. The van der Waals surface area contributed by atoms with E-state index in [9.17, 15) is 9.59 Å². The van der Waals surface area contributed by atoms with Crippen LogP contribution in [-0.2, 0) is 17.6 Å². The Bertz CT molecular complexity index is 932. The van der Waals surface area contributed by atoms with Crippen molar-refractivity contribution in [3.8, 4) is 0 Å². The van der Waals surface area contributed by atoms with Gasteiger partial charge in [0, 0.05) is 18.2 Å². The Labute approximate surface area is 189 Å². The Morgan fingerprint density at radius 2 is 2.00 bits per heavy atom. The molecule has 1 aliphatic rings. The first-order chi connectivity index (χ1) is 14.4. The first-order valence-electron chi connectivity index (χ1n) is 10.4. The third kappa shape index (κ3) is 6.38. The number of hydrogen-bond acceptors (Lipinski definition) is 6. The molecule has 168 valence electrons. The zero-order chi connectivity index (χ0) is 21.7. The zero-order valence-corrected chi connectivity index (χ0v) is 19.0. The summed E-state index contributed by atoms with van der Waals surface area (Å²) >= 11 is 0. The lowest BCUT2D eigenvalue weighted by molar-refractivity contribution is -0.122. The van der Waals surface area contributed by atoms with E-state index in [1.54, 1.807) is 7.05 Å². The summed E-state index contributed by atoms with van der Waals surface area (Å²) in [5.41, 5.74) is 9.38. The van der Waals surface area contributed by atoms with Crippen molar-refractivity contribution in [2.24, 2.45) is 5.73 Å². The van der Waals surface area contributed by atoms with E-state index < -0.39 is 5.91 Å². The minimum Gasteiger partial charge on any atom is -0.364 e. The zero-order valence-electron chi connectivity index (χ0n) is 18.2. The van der Waals surface area contributed by atoms with Gasteiger partial charge in [-0.05, 0) is 57.4 Å². The molecule has 0 unspecified atom stereocenters. The maximum Gasteiger partial charge on any atom is 0.271 e. The molecule has 0 saturated heterocycles. The molecule has 1 atom stereocenters. The number of carbonyl (C=O) groups excluding carboxylic acids is 2. The molecule has 3 rings (SSSR count). The highest BCUT2D eigenvalue weighted by atomic mass is 35.5. The summed E-state index contributed by atoms with van der Waals surface area (Å²) in [6, 6.07) is 7.58. The second-order valence-electron chi connectivity index (χ2n) is 7.62. The van der Waals surface area contributed by atoms with Crippen molar-refractivity contribution in [2.45, 2.75) is 51.5 Å². The molecule has 2 amide bonds. The van der Waals surface area contributed by atoms with Gasteiger partial charge in [0.1, 0.15) is 0 Å². The highest BCUT2D eigenvalue weighted by Gasteiger charge is 2.30. The van der Waals surface area contributed by atoms with E-state index in [1.807, 2.05) is 38.1 Å². The molecule has 8 nitrogen and oxygen atoms in total. The van der Waals surface area contributed by atoms with Crippen LogP contribution in [0.2, 0.25) is 0 Å². The monoisotopic (exact) mass is 446 g/mol. The maximum atomic E-state index is 12.0. The Hall–Kier alpha value is -2.71. The Balaban J connectivity index is 0.00000341. The van der Waals surface area contributed by atoms with Gasteiger partial charge in [-0.2, -0.15) is 0 Å². The average molecular weight is 447 g/mol. The lowest BCUT2D eigenvalue weighted by Crippen LogP contribution is -2.41. The number of aryl methyl sites for hydroxylation is 1. The summed E-state index contributed by atoms with van der Waals surface area (Å²) in [5.74, 6) is 0.191. The van der Waals surface area contributed by atoms with Crippen molar-refractivity contribution in [2.75, 3.05) is 18.9 Å². The normalized spacial score (nSPS) is 13.8. The van der Waals surface area contributed by atoms with Crippen LogP contribution in [0.25, 0.3) is 0 Å². The summed E-state index contributed by atoms with van der Waals surface area (Å²) < 4.78 is 0. The summed E-state index contributed by atoms with van der Waals surface area (Å²) in [6.07, 6.45) is 3.61. The average Bonchev–Trinajstić information content (AvgIpc) is 3.58. The van der Waals surface area contributed by atoms with E-state index in [1.165, 1.54) is 0 Å². The van der Waals surface area contributed by atoms with Gasteiger partial charge in [0.2, 0.25) is 5.91 Å². The van der Waals surface area contributed by atoms with Crippen LogP contribution in [-0.4, -0.2) is 41.4 Å². The van der Waals surface area contributed by atoms with Crippen LogP contribution < -0.4 is 21.7 Å². The number of likely N-dealkylation sites (N-methyl/N-ethyl adjacent to an activating group) is 1. The van der Waals surface area contributed by atoms with Gasteiger partial charge in [0.05, 0.1) is 17.4 Å². The minimum atomic E-state index is -0.598. The van der Waals surface area contributed by atoms with Gasteiger partial charge in [-0.15, -0.1) is 12.4 Å². The maximum absolute atomic E-state index is 12.0. The first-order valence-corrected chi connectivity index (χ1v) is 10.4. The molecule has 1 heterocycles. The van der Waals surface area contributed by atoms with Crippen molar-refractivity contribution in [1.29, 1.82) is 0 Å². The number of carbonyl (C=O) groups is 2. The highest BCUT2D eigenvalue weighted by Crippen LogP contribution is 2.41. The highest BCUT2D eigenvalue weighted by molar-refractivity contribution is 5.96. The van der Waals surface area contributed by atoms with Crippen LogP contribution in [0.1, 0.15) is 60.0 Å². The number of nitrogens with one attached hydrogen (secondary N) is 3. The molecule has 1 fully saturated rings. The first kappa shape index (κ1) is 24.6. The molecule has 0 radical (unpaired) electrons. The van der Waals surface area contributed by atoms with E-state index in [0.717, 1.165) is 35.5 Å². The molecule has 9 heteroatoms. The van der Waals surface area contributed by atoms with Crippen molar-refractivity contribution >= 4 is 35.7 Å². The molecule has 2 aromatic rings. The van der Waals surface area contributed by atoms with E-state index in [-0.39, 0.29) is 30.0 Å². The number of primary amides is 1. The molecular formula is C22H31ClN6O2. The minimum absolute atomic E-state index is 0. The molecule has 0 bridgehead atoms. The number of nitrogens with zero attached hydrogens (tertiary/aromatic N) is 2. The number of benzene rings is 1. The van der Waals surface area contributed by atoms with Crippen molar-refractivity contribution in [3.63, 3.8) is 0 Å². The third-order valence-corrected chi connectivity index (χ3v) is 5.26. The summed E-state index contributed by atoms with van der Waals surface area (Å²) in [5, 5.41) is 9.05. The predicted molar refractivity (Wildman–Crippen MR) is 124 cm³/mol. The number of anilines is 2. The molecule has 5 N–H and O–H groups in total. The number of hydrogen-bond donors (Lipinski definition) is 4. The largest absolute Gasteiger partial charge is 0.364 e. The summed E-state index contributed by atoms with van der Waals surface area (Å²) in [7, 11) is 1.75. The van der Waals surface area contributed by atoms with Crippen LogP contribution in [0.5, 0.6) is 0 Å². The number of rotatable bonds is 10. The van der Waals surface area contributed by atoms with Crippen LogP contribution >= 0.6 is 12.4 Å². The summed E-state index contributed by atoms with van der Waals surface area (Å²) in [4.78, 5) is 33.1. The Morgan fingerprint density at radius 3 is 2.61 bits per heavy atom. The molecule has 31 heavy (non-hydrogen) atoms. The molecular weight excluding hydrogens is 416 g/mol. The molecule has 0 spiro atoms. The number of halogens is 1. The van der Waals surface area contributed by atoms with Gasteiger partial charge in [0.25, 0.3) is 5.91 Å². The number of amides is 2. The van der Waals surface area contributed by atoms with Crippen LogP contribution in [0.4, 0.5) is 11.5 Å². The lowest BCUT2D eigenvalue weighted by Gasteiger charge is -2.14. The van der Waals surface area contributed by atoms with Gasteiger partial charge >= 0.3 is 0 Å². The Kier molecular flexibility index (Phi) is 8.76. The fraction of sp³-hybridized carbons (Fsp3) is 0.455. The molecule has 1 aliphatic carbocycles. The standard InChI is InChI=1S/C22H30N6O2.ClH/c1-4-17-18(15-8-9-15)28-21(19(27-17)20(23)29)26-16-7-5-6-14(12-16)10-11-25-22(30)13(2)24-3;/h5-7,12-13,15,24H,4,8-11H2,1-3H3,(H2,23,29)(H,25,30)(H,26,28);1H/t13-;/m0./s1. The van der Waals surface area contributed by atoms with E-state index in [4.69, 9.17) is 10.7 Å². The van der Waals surface area contributed by atoms with E-state index >= 15 is 0 Å². The van der Waals surface area contributed by atoms with Gasteiger partial charge in [-0.1, -0.05) is 19.1 Å².